The monoisotopic (exact) mass is 446 g/mol. The normalized spacial score (nSPS) is 16.7. The number of carbonyl (C=O) groups excluding carboxylic acids is 2. The van der Waals surface area contributed by atoms with E-state index in [1.165, 1.54) is 21.3 Å². The quantitative estimate of drug-likeness (QED) is 0.663. The summed E-state index contributed by atoms with van der Waals surface area (Å²) in [6.45, 7) is 2.28. The van der Waals surface area contributed by atoms with Gasteiger partial charge in [0, 0.05) is 30.1 Å². The van der Waals surface area contributed by atoms with Gasteiger partial charge in [-0.25, -0.2) is 0 Å². The molecule has 8 heteroatoms. The van der Waals surface area contributed by atoms with Gasteiger partial charge in [-0.3, -0.25) is 9.59 Å². The molecule has 2 amide bonds. The summed E-state index contributed by atoms with van der Waals surface area (Å²) >= 11 is 5.97. The van der Waals surface area contributed by atoms with Gasteiger partial charge in [-0.1, -0.05) is 30.7 Å². The van der Waals surface area contributed by atoms with Gasteiger partial charge in [0.15, 0.2) is 11.5 Å². The van der Waals surface area contributed by atoms with E-state index in [1.54, 1.807) is 29.2 Å². The summed E-state index contributed by atoms with van der Waals surface area (Å²) in [6.07, 6.45) is 0.865. The largest absolute Gasteiger partial charge is 0.493 e. The fourth-order valence-electron chi connectivity index (χ4n) is 3.76. The van der Waals surface area contributed by atoms with Crippen molar-refractivity contribution in [1.29, 1.82) is 0 Å². The van der Waals surface area contributed by atoms with Crippen LogP contribution in [0.2, 0.25) is 5.02 Å². The Labute approximate surface area is 187 Å². The number of halogens is 1. The predicted octanol–water partition coefficient (Wildman–Crippen LogP) is 3.99. The fourth-order valence-corrected chi connectivity index (χ4v) is 3.89. The van der Waals surface area contributed by atoms with Crippen molar-refractivity contribution >= 4 is 29.1 Å². The van der Waals surface area contributed by atoms with Crippen LogP contribution in [-0.2, 0) is 9.59 Å². The molecule has 1 heterocycles. The summed E-state index contributed by atoms with van der Waals surface area (Å²) in [5, 5.41) is 3.72. The highest BCUT2D eigenvalue weighted by molar-refractivity contribution is 6.30. The summed E-state index contributed by atoms with van der Waals surface area (Å²) in [6, 6.07) is 10.7. The number of anilines is 1. The number of carbonyl (C=O) groups is 2. The van der Waals surface area contributed by atoms with Gasteiger partial charge in [0.1, 0.15) is 0 Å². The molecule has 166 valence electrons. The van der Waals surface area contributed by atoms with Gasteiger partial charge in [-0.05, 0) is 24.1 Å². The van der Waals surface area contributed by atoms with Crippen LogP contribution in [0.15, 0.2) is 36.4 Å². The molecule has 1 aliphatic rings. The highest BCUT2D eigenvalue weighted by Gasteiger charge is 2.36. The first-order valence-electron chi connectivity index (χ1n) is 10.1. The van der Waals surface area contributed by atoms with E-state index in [2.05, 4.69) is 5.32 Å². The highest BCUT2D eigenvalue weighted by atomic mass is 35.5. The molecule has 2 unspecified atom stereocenters. The van der Waals surface area contributed by atoms with Crippen LogP contribution in [0.25, 0.3) is 0 Å². The van der Waals surface area contributed by atoms with Crippen molar-refractivity contribution in [2.24, 2.45) is 5.92 Å². The average molecular weight is 447 g/mol. The van der Waals surface area contributed by atoms with Crippen molar-refractivity contribution in [3.63, 3.8) is 0 Å². The third kappa shape index (κ3) is 4.88. The Kier molecular flexibility index (Phi) is 7.28. The zero-order valence-electron chi connectivity index (χ0n) is 18.1. The van der Waals surface area contributed by atoms with Crippen LogP contribution in [-0.4, -0.2) is 39.7 Å². The van der Waals surface area contributed by atoms with E-state index < -0.39 is 5.92 Å². The molecule has 2 atom stereocenters. The minimum atomic E-state index is -0.451. The molecule has 0 radical (unpaired) electrons. The standard InChI is InChI=1S/C23H27ClN2O5/c1-5-18(14-6-8-16(24)9-7-14)25-23(28)15-10-21(27)26(13-15)17-11-19(29-2)22(31-4)20(12-17)30-3/h6-9,11-12,15,18H,5,10,13H2,1-4H3,(H,25,28). The Morgan fingerprint density at radius 3 is 2.26 bits per heavy atom. The second-order valence-corrected chi connectivity index (χ2v) is 7.75. The van der Waals surface area contributed by atoms with Crippen LogP contribution in [0, 0.1) is 5.92 Å². The first-order chi connectivity index (χ1) is 14.9. The zero-order chi connectivity index (χ0) is 22.5. The van der Waals surface area contributed by atoms with Crippen molar-refractivity contribution in [3.05, 3.63) is 47.0 Å². The number of nitrogens with one attached hydrogen (secondary N) is 1. The number of rotatable bonds is 8. The number of ether oxygens (including phenoxy) is 3. The number of hydrogen-bond acceptors (Lipinski definition) is 5. The number of hydrogen-bond donors (Lipinski definition) is 1. The van der Waals surface area contributed by atoms with E-state index in [9.17, 15) is 9.59 Å². The lowest BCUT2D eigenvalue weighted by Gasteiger charge is -2.22. The lowest BCUT2D eigenvalue weighted by atomic mass is 10.0. The maximum Gasteiger partial charge on any atom is 0.227 e. The van der Waals surface area contributed by atoms with Crippen LogP contribution in [0.5, 0.6) is 17.2 Å². The molecule has 31 heavy (non-hydrogen) atoms. The van der Waals surface area contributed by atoms with Gasteiger partial charge in [-0.15, -0.1) is 0 Å². The third-order valence-electron chi connectivity index (χ3n) is 5.45. The minimum absolute atomic E-state index is 0.131. The number of methoxy groups -OCH3 is 3. The lowest BCUT2D eigenvalue weighted by molar-refractivity contribution is -0.127. The van der Waals surface area contributed by atoms with E-state index in [4.69, 9.17) is 25.8 Å². The molecule has 1 saturated heterocycles. The second-order valence-electron chi connectivity index (χ2n) is 7.31. The highest BCUT2D eigenvalue weighted by Crippen LogP contribution is 2.42. The molecule has 1 aliphatic heterocycles. The Hall–Kier alpha value is -2.93. The van der Waals surface area contributed by atoms with Crippen molar-refractivity contribution < 1.29 is 23.8 Å². The zero-order valence-corrected chi connectivity index (χ0v) is 18.9. The van der Waals surface area contributed by atoms with Crippen molar-refractivity contribution in [1.82, 2.24) is 5.32 Å². The van der Waals surface area contributed by atoms with Crippen LogP contribution in [0.3, 0.4) is 0 Å². The van der Waals surface area contributed by atoms with Crippen molar-refractivity contribution in [2.45, 2.75) is 25.8 Å². The molecule has 2 aromatic carbocycles. The fraction of sp³-hybridized carbons (Fsp3) is 0.391. The Bertz CT molecular complexity index is 922. The smallest absolute Gasteiger partial charge is 0.227 e. The van der Waals surface area contributed by atoms with Crippen LogP contribution < -0.4 is 24.4 Å². The van der Waals surface area contributed by atoms with E-state index >= 15 is 0 Å². The molecular formula is C23H27ClN2O5. The van der Waals surface area contributed by atoms with Gasteiger partial charge in [-0.2, -0.15) is 0 Å². The summed E-state index contributed by atoms with van der Waals surface area (Å²) in [5.74, 6) is 0.619. The number of amides is 2. The van der Waals surface area contributed by atoms with E-state index in [1.807, 2.05) is 19.1 Å². The maximum atomic E-state index is 12.9. The van der Waals surface area contributed by atoms with Gasteiger partial charge >= 0.3 is 0 Å². The van der Waals surface area contributed by atoms with Crippen LogP contribution in [0.1, 0.15) is 31.4 Å². The van der Waals surface area contributed by atoms with Crippen LogP contribution >= 0.6 is 11.6 Å². The predicted molar refractivity (Wildman–Crippen MR) is 119 cm³/mol. The molecule has 0 bridgehead atoms. The Balaban J connectivity index is 1.76. The molecule has 2 aromatic rings. The van der Waals surface area contributed by atoms with Gasteiger partial charge in [0.2, 0.25) is 17.6 Å². The second kappa shape index (κ2) is 9.92. The topological polar surface area (TPSA) is 77.1 Å². The summed E-state index contributed by atoms with van der Waals surface area (Å²) < 4.78 is 16.1. The van der Waals surface area contributed by atoms with Gasteiger partial charge < -0.3 is 24.4 Å². The SMILES string of the molecule is CCC(NC(=O)C1CC(=O)N(c2cc(OC)c(OC)c(OC)c2)C1)c1ccc(Cl)cc1. The molecule has 3 rings (SSSR count). The molecule has 1 fully saturated rings. The number of benzene rings is 2. The van der Waals surface area contributed by atoms with Gasteiger partial charge in [0.25, 0.3) is 0 Å². The molecular weight excluding hydrogens is 420 g/mol. The summed E-state index contributed by atoms with van der Waals surface area (Å²) in [4.78, 5) is 27.2. The van der Waals surface area contributed by atoms with E-state index in [0.717, 1.165) is 12.0 Å². The number of nitrogens with zero attached hydrogens (tertiary/aromatic N) is 1. The van der Waals surface area contributed by atoms with Crippen molar-refractivity contribution in [3.8, 4) is 17.2 Å². The summed E-state index contributed by atoms with van der Waals surface area (Å²) in [7, 11) is 4.56. The molecule has 7 nitrogen and oxygen atoms in total. The average Bonchev–Trinajstić information content (AvgIpc) is 3.18. The Morgan fingerprint density at radius 2 is 1.74 bits per heavy atom. The molecule has 0 aromatic heterocycles. The maximum absolute atomic E-state index is 12.9. The third-order valence-corrected chi connectivity index (χ3v) is 5.71. The minimum Gasteiger partial charge on any atom is -0.493 e. The lowest BCUT2D eigenvalue weighted by Crippen LogP contribution is -2.35. The first kappa shape index (κ1) is 22.7. The van der Waals surface area contributed by atoms with E-state index in [0.29, 0.717) is 28.0 Å². The summed E-state index contributed by atoms with van der Waals surface area (Å²) in [5.41, 5.74) is 1.57. The first-order valence-corrected chi connectivity index (χ1v) is 10.5. The molecule has 0 spiro atoms. The molecule has 0 aliphatic carbocycles. The van der Waals surface area contributed by atoms with E-state index in [-0.39, 0.29) is 30.8 Å². The van der Waals surface area contributed by atoms with Crippen molar-refractivity contribution in [2.75, 3.05) is 32.8 Å². The molecule has 1 N–H and O–H groups in total. The Morgan fingerprint density at radius 1 is 1.13 bits per heavy atom. The van der Waals surface area contributed by atoms with Crippen LogP contribution in [0.4, 0.5) is 5.69 Å². The molecule has 0 saturated carbocycles. The van der Waals surface area contributed by atoms with Gasteiger partial charge in [0.05, 0.1) is 39.0 Å².